The van der Waals surface area contributed by atoms with E-state index in [0.29, 0.717) is 0 Å². The van der Waals surface area contributed by atoms with Gasteiger partial charge in [0.05, 0.1) is 0 Å². The Morgan fingerprint density at radius 1 is 1.38 bits per heavy atom. The second-order valence-corrected chi connectivity index (χ2v) is 4.17. The van der Waals surface area contributed by atoms with Crippen molar-refractivity contribution in [1.82, 2.24) is 9.55 Å². The third-order valence-corrected chi connectivity index (χ3v) is 2.53. The summed E-state index contributed by atoms with van der Waals surface area (Å²) in [7, 11) is 0. The summed E-state index contributed by atoms with van der Waals surface area (Å²) in [6.07, 6.45) is 6.69. The van der Waals surface area contributed by atoms with Crippen LogP contribution in [0.2, 0.25) is 0 Å². The molecule has 0 aliphatic heterocycles. The first-order chi connectivity index (χ1) is 7.75. The molecule has 0 saturated carbocycles. The summed E-state index contributed by atoms with van der Waals surface area (Å²) in [5, 5.41) is 0. The molecule has 0 bridgehead atoms. The van der Waals surface area contributed by atoms with Crippen LogP contribution >= 0.6 is 0 Å². The predicted molar refractivity (Wildman–Crippen MR) is 65.1 cm³/mol. The minimum absolute atomic E-state index is 0.197. The van der Waals surface area contributed by atoms with E-state index in [0.717, 1.165) is 13.0 Å². The maximum atomic E-state index is 5.82. The van der Waals surface area contributed by atoms with E-state index in [1.807, 2.05) is 19.2 Å². The molecule has 0 aliphatic carbocycles. The summed E-state index contributed by atoms with van der Waals surface area (Å²) in [6, 6.07) is 8.43. The normalized spacial score (nSPS) is 12.6. The Hall–Kier alpha value is -1.61. The van der Waals surface area contributed by atoms with Crippen molar-refractivity contribution in [1.29, 1.82) is 0 Å². The molecule has 0 amide bonds. The lowest BCUT2D eigenvalue weighted by Crippen LogP contribution is -2.20. The van der Waals surface area contributed by atoms with Crippen LogP contribution < -0.4 is 5.73 Å². The fourth-order valence-corrected chi connectivity index (χ4v) is 1.81. The molecule has 2 N–H and O–H groups in total. The highest BCUT2D eigenvalue weighted by atomic mass is 15.0. The number of hydrogen-bond donors (Lipinski definition) is 1. The van der Waals surface area contributed by atoms with Gasteiger partial charge in [0.15, 0.2) is 0 Å². The SMILES string of the molecule is CC(N)Cc1cccn1Cc1cccnc1. The molecule has 0 saturated heterocycles. The molecule has 2 aromatic rings. The molecule has 0 aromatic carbocycles. The third kappa shape index (κ3) is 2.70. The van der Waals surface area contributed by atoms with Gasteiger partial charge in [0, 0.05) is 43.3 Å². The molecule has 3 heteroatoms. The molecular weight excluding hydrogens is 198 g/mol. The Bertz CT molecular complexity index is 431. The monoisotopic (exact) mass is 215 g/mol. The molecule has 2 rings (SSSR count). The Labute approximate surface area is 95.9 Å². The molecular formula is C13H17N3. The molecule has 2 aromatic heterocycles. The highest BCUT2D eigenvalue weighted by molar-refractivity contribution is 5.14. The Morgan fingerprint density at radius 3 is 2.94 bits per heavy atom. The van der Waals surface area contributed by atoms with Gasteiger partial charge in [-0.25, -0.2) is 0 Å². The number of rotatable bonds is 4. The van der Waals surface area contributed by atoms with Gasteiger partial charge >= 0.3 is 0 Å². The maximum absolute atomic E-state index is 5.82. The molecule has 0 aliphatic rings. The summed E-state index contributed by atoms with van der Waals surface area (Å²) in [5.41, 5.74) is 8.31. The second-order valence-electron chi connectivity index (χ2n) is 4.17. The second kappa shape index (κ2) is 4.94. The van der Waals surface area contributed by atoms with E-state index in [4.69, 9.17) is 5.73 Å². The molecule has 0 spiro atoms. The zero-order valence-corrected chi connectivity index (χ0v) is 9.50. The molecule has 3 nitrogen and oxygen atoms in total. The van der Waals surface area contributed by atoms with E-state index in [9.17, 15) is 0 Å². The van der Waals surface area contributed by atoms with Crippen molar-refractivity contribution in [2.75, 3.05) is 0 Å². The van der Waals surface area contributed by atoms with Gasteiger partial charge in [0.2, 0.25) is 0 Å². The van der Waals surface area contributed by atoms with Crippen molar-refractivity contribution in [3.05, 3.63) is 54.1 Å². The van der Waals surface area contributed by atoms with E-state index in [2.05, 4.69) is 33.9 Å². The van der Waals surface area contributed by atoms with Gasteiger partial charge < -0.3 is 10.3 Å². The van der Waals surface area contributed by atoms with Gasteiger partial charge in [-0.3, -0.25) is 4.98 Å². The van der Waals surface area contributed by atoms with E-state index in [1.54, 1.807) is 6.20 Å². The van der Waals surface area contributed by atoms with Gasteiger partial charge in [-0.05, 0) is 30.7 Å². The number of pyridine rings is 1. The fourth-order valence-electron chi connectivity index (χ4n) is 1.81. The van der Waals surface area contributed by atoms with Crippen LogP contribution in [0.4, 0.5) is 0 Å². The highest BCUT2D eigenvalue weighted by Crippen LogP contribution is 2.08. The smallest absolute Gasteiger partial charge is 0.0488 e. The van der Waals surface area contributed by atoms with Crippen molar-refractivity contribution in [2.45, 2.75) is 25.9 Å². The molecule has 1 unspecified atom stereocenters. The van der Waals surface area contributed by atoms with Crippen LogP contribution in [0.1, 0.15) is 18.2 Å². The van der Waals surface area contributed by atoms with Gasteiger partial charge in [-0.15, -0.1) is 0 Å². The van der Waals surface area contributed by atoms with Crippen molar-refractivity contribution in [3.63, 3.8) is 0 Å². The summed E-state index contributed by atoms with van der Waals surface area (Å²) in [4.78, 5) is 4.12. The average Bonchev–Trinajstić information content (AvgIpc) is 2.66. The van der Waals surface area contributed by atoms with Crippen LogP contribution in [0.5, 0.6) is 0 Å². The fraction of sp³-hybridized carbons (Fsp3) is 0.308. The van der Waals surface area contributed by atoms with Crippen molar-refractivity contribution >= 4 is 0 Å². The quantitative estimate of drug-likeness (QED) is 0.845. The number of nitrogens with two attached hydrogens (primary N) is 1. The highest BCUT2D eigenvalue weighted by Gasteiger charge is 2.04. The van der Waals surface area contributed by atoms with Crippen molar-refractivity contribution in [3.8, 4) is 0 Å². The summed E-state index contributed by atoms with van der Waals surface area (Å²) < 4.78 is 2.22. The summed E-state index contributed by atoms with van der Waals surface area (Å²) in [6.45, 7) is 2.89. The van der Waals surface area contributed by atoms with Crippen molar-refractivity contribution in [2.24, 2.45) is 5.73 Å². The molecule has 0 fully saturated rings. The minimum Gasteiger partial charge on any atom is -0.347 e. The van der Waals surface area contributed by atoms with Crippen LogP contribution in [0.25, 0.3) is 0 Å². The lowest BCUT2D eigenvalue weighted by molar-refractivity contribution is 0.665. The molecule has 2 heterocycles. The van der Waals surface area contributed by atoms with E-state index in [-0.39, 0.29) is 6.04 Å². The zero-order valence-electron chi connectivity index (χ0n) is 9.50. The molecule has 84 valence electrons. The van der Waals surface area contributed by atoms with Gasteiger partial charge in [-0.2, -0.15) is 0 Å². The predicted octanol–water partition coefficient (Wildman–Crippen LogP) is 1.82. The molecule has 0 radical (unpaired) electrons. The number of hydrogen-bond acceptors (Lipinski definition) is 2. The zero-order chi connectivity index (χ0) is 11.4. The van der Waals surface area contributed by atoms with Gasteiger partial charge in [0.25, 0.3) is 0 Å². The van der Waals surface area contributed by atoms with Crippen LogP contribution in [-0.2, 0) is 13.0 Å². The van der Waals surface area contributed by atoms with Crippen LogP contribution in [0, 0.1) is 0 Å². The number of aromatic nitrogens is 2. The van der Waals surface area contributed by atoms with Crippen LogP contribution in [0.3, 0.4) is 0 Å². The largest absolute Gasteiger partial charge is 0.347 e. The van der Waals surface area contributed by atoms with E-state index >= 15 is 0 Å². The van der Waals surface area contributed by atoms with Crippen molar-refractivity contribution < 1.29 is 0 Å². The van der Waals surface area contributed by atoms with Crippen LogP contribution in [-0.4, -0.2) is 15.6 Å². The first-order valence-electron chi connectivity index (χ1n) is 5.54. The Kier molecular flexibility index (Phi) is 3.37. The lowest BCUT2D eigenvalue weighted by atomic mass is 10.2. The average molecular weight is 215 g/mol. The third-order valence-electron chi connectivity index (χ3n) is 2.53. The number of nitrogens with zero attached hydrogens (tertiary/aromatic N) is 2. The molecule has 16 heavy (non-hydrogen) atoms. The lowest BCUT2D eigenvalue weighted by Gasteiger charge is -2.10. The maximum Gasteiger partial charge on any atom is 0.0488 e. The minimum atomic E-state index is 0.197. The first-order valence-corrected chi connectivity index (χ1v) is 5.54. The Balaban J connectivity index is 2.13. The molecule has 1 atom stereocenters. The van der Waals surface area contributed by atoms with Gasteiger partial charge in [-0.1, -0.05) is 6.07 Å². The first kappa shape index (κ1) is 10.9. The summed E-state index contributed by atoms with van der Waals surface area (Å²) in [5.74, 6) is 0. The summed E-state index contributed by atoms with van der Waals surface area (Å²) >= 11 is 0. The topological polar surface area (TPSA) is 43.8 Å². The van der Waals surface area contributed by atoms with E-state index < -0.39 is 0 Å². The standard InChI is InChI=1S/C13H17N3/c1-11(14)8-13-5-3-7-16(13)10-12-4-2-6-15-9-12/h2-7,9,11H,8,10,14H2,1H3. The Morgan fingerprint density at radius 2 is 2.25 bits per heavy atom. The van der Waals surface area contributed by atoms with Crippen LogP contribution in [0.15, 0.2) is 42.9 Å². The van der Waals surface area contributed by atoms with Gasteiger partial charge in [0.1, 0.15) is 0 Å². The van der Waals surface area contributed by atoms with E-state index in [1.165, 1.54) is 11.3 Å².